The summed E-state index contributed by atoms with van der Waals surface area (Å²) in [7, 11) is 0. The van der Waals surface area contributed by atoms with Crippen molar-refractivity contribution in [3.8, 4) is 0 Å². The first-order valence-electron chi connectivity index (χ1n) is 11.0. The molecule has 1 aromatic carbocycles. The van der Waals surface area contributed by atoms with E-state index in [1.165, 1.54) is 19.3 Å². The average molecular weight is 475 g/mol. The van der Waals surface area contributed by atoms with Crippen molar-refractivity contribution in [3.05, 3.63) is 70.9 Å². The van der Waals surface area contributed by atoms with Gasteiger partial charge in [0.05, 0.1) is 17.2 Å². The van der Waals surface area contributed by atoms with Gasteiger partial charge in [0, 0.05) is 36.5 Å². The number of fused-ring (bicyclic) bond motifs is 1. The van der Waals surface area contributed by atoms with Gasteiger partial charge in [-0.15, -0.1) is 10.2 Å². The third-order valence-electron chi connectivity index (χ3n) is 6.12. The maximum Gasteiger partial charge on any atom is 0.419 e. The van der Waals surface area contributed by atoms with Crippen molar-refractivity contribution >= 4 is 17.1 Å². The molecular formula is C24H25F4N5O. The van der Waals surface area contributed by atoms with Crippen LogP contribution in [0.2, 0.25) is 0 Å². The van der Waals surface area contributed by atoms with E-state index in [2.05, 4.69) is 40.3 Å². The van der Waals surface area contributed by atoms with Crippen molar-refractivity contribution < 1.29 is 22.4 Å². The van der Waals surface area contributed by atoms with Gasteiger partial charge in [-0.05, 0) is 44.9 Å². The number of hydrogen-bond acceptors (Lipinski definition) is 4. The number of nitrogens with one attached hydrogen (secondary N) is 1. The van der Waals surface area contributed by atoms with Crippen molar-refractivity contribution in [3.63, 3.8) is 0 Å². The molecule has 1 amide bonds. The Morgan fingerprint density at radius 2 is 1.97 bits per heavy atom. The molecule has 0 radical (unpaired) electrons. The lowest BCUT2D eigenvalue weighted by Gasteiger charge is -2.29. The minimum Gasteiger partial charge on any atom is -0.345 e. The van der Waals surface area contributed by atoms with E-state index >= 15 is 0 Å². The summed E-state index contributed by atoms with van der Waals surface area (Å²) >= 11 is 0. The van der Waals surface area contributed by atoms with E-state index in [1.54, 1.807) is 16.7 Å². The molecule has 2 aromatic heterocycles. The first kappa shape index (κ1) is 23.9. The van der Waals surface area contributed by atoms with Gasteiger partial charge in [-0.1, -0.05) is 18.2 Å². The van der Waals surface area contributed by atoms with E-state index in [-0.39, 0.29) is 11.1 Å². The van der Waals surface area contributed by atoms with Gasteiger partial charge in [0.25, 0.3) is 5.91 Å². The Kier molecular flexibility index (Phi) is 6.44. The summed E-state index contributed by atoms with van der Waals surface area (Å²) in [5.41, 5.74) is 1.09. The molecule has 180 valence electrons. The van der Waals surface area contributed by atoms with Crippen LogP contribution in [0.1, 0.15) is 60.3 Å². The topological polar surface area (TPSA) is 62.5 Å². The van der Waals surface area contributed by atoms with Gasteiger partial charge in [0.15, 0.2) is 5.65 Å². The van der Waals surface area contributed by atoms with Crippen molar-refractivity contribution in [1.82, 2.24) is 24.8 Å². The molecule has 34 heavy (non-hydrogen) atoms. The number of alkyl halides is 3. The first-order valence-corrected chi connectivity index (χ1v) is 11.0. The van der Waals surface area contributed by atoms with Crippen molar-refractivity contribution in [2.45, 2.75) is 45.5 Å². The zero-order valence-corrected chi connectivity index (χ0v) is 19.0. The minimum atomic E-state index is -4.82. The van der Waals surface area contributed by atoms with Crippen LogP contribution in [0.4, 0.5) is 17.6 Å². The molecular weight excluding hydrogens is 450 g/mol. The van der Waals surface area contributed by atoms with E-state index in [4.69, 9.17) is 0 Å². The lowest BCUT2D eigenvalue weighted by Crippen LogP contribution is -2.34. The second-order valence-corrected chi connectivity index (χ2v) is 8.67. The quantitative estimate of drug-likeness (QED) is 0.535. The van der Waals surface area contributed by atoms with Gasteiger partial charge in [-0.2, -0.15) is 13.2 Å². The second-order valence-electron chi connectivity index (χ2n) is 8.67. The predicted molar refractivity (Wildman–Crippen MR) is 120 cm³/mol. The molecule has 1 aliphatic heterocycles. The smallest absolute Gasteiger partial charge is 0.345 e. The Hall–Kier alpha value is -3.27. The molecule has 1 atom stereocenters. The van der Waals surface area contributed by atoms with Gasteiger partial charge >= 0.3 is 6.18 Å². The monoisotopic (exact) mass is 475 g/mol. The molecule has 0 saturated heterocycles. The number of amides is 1. The molecule has 1 N–H and O–H groups in total. The molecule has 10 heteroatoms. The molecule has 3 heterocycles. The summed E-state index contributed by atoms with van der Waals surface area (Å²) in [5, 5.41) is 10.7. The minimum absolute atomic E-state index is 0.238. The molecule has 0 aliphatic carbocycles. The number of hydrogen-bond donors (Lipinski definition) is 1. The number of carbonyl (C=O) groups is 1. The Morgan fingerprint density at radius 1 is 1.21 bits per heavy atom. The molecule has 1 aliphatic rings. The van der Waals surface area contributed by atoms with E-state index < -0.39 is 29.5 Å². The average Bonchev–Trinajstić information content (AvgIpc) is 3.26. The molecule has 0 bridgehead atoms. The molecule has 6 nitrogen and oxygen atoms in total. The van der Waals surface area contributed by atoms with Crippen LogP contribution in [-0.4, -0.2) is 44.5 Å². The van der Waals surface area contributed by atoms with Crippen molar-refractivity contribution in [1.29, 1.82) is 0 Å². The molecule has 0 spiro atoms. The second kappa shape index (κ2) is 9.17. The fraction of sp³-hybridized carbons (Fsp3) is 0.375. The Bertz CT molecular complexity index is 1250. The van der Waals surface area contributed by atoms with Crippen LogP contribution >= 0.6 is 0 Å². The SMILES string of the molecule is CC(C)N1CC=C(c2cc(C(=O)N[C@H](C)c3cccc(C(F)(F)F)c3F)cn3cnnc23)CC1. The molecule has 0 saturated carbocycles. The zero-order valence-electron chi connectivity index (χ0n) is 19.0. The number of rotatable bonds is 5. The summed E-state index contributed by atoms with van der Waals surface area (Å²) in [5.74, 6) is -1.93. The lowest BCUT2D eigenvalue weighted by atomic mass is 9.98. The fourth-order valence-electron chi connectivity index (χ4n) is 4.16. The van der Waals surface area contributed by atoms with Gasteiger partial charge < -0.3 is 5.32 Å². The third kappa shape index (κ3) is 4.68. The normalized spacial score (nSPS) is 16.1. The van der Waals surface area contributed by atoms with E-state index in [0.717, 1.165) is 36.7 Å². The van der Waals surface area contributed by atoms with Gasteiger partial charge in [0.2, 0.25) is 0 Å². The standard InChI is InChI=1S/C24H25F4N5O/c1-14(2)32-9-7-16(8-10-32)19-11-17(12-33-13-29-31-22(19)33)23(34)30-15(3)18-5-4-6-20(21(18)25)24(26,27)28/h4-7,11-15H,8-10H2,1-3H3,(H,30,34)/t15-/m1/s1. The predicted octanol–water partition coefficient (Wildman–Crippen LogP) is 4.88. The first-order chi connectivity index (χ1) is 16.1. The zero-order chi connectivity index (χ0) is 24.6. The highest BCUT2D eigenvalue weighted by Gasteiger charge is 2.35. The molecule has 0 fully saturated rings. The fourth-order valence-corrected chi connectivity index (χ4v) is 4.16. The Balaban J connectivity index is 1.62. The maximum atomic E-state index is 14.5. The van der Waals surface area contributed by atoms with E-state index in [1.807, 2.05) is 0 Å². The largest absolute Gasteiger partial charge is 0.419 e. The number of benzene rings is 1. The third-order valence-corrected chi connectivity index (χ3v) is 6.12. The summed E-state index contributed by atoms with van der Waals surface area (Å²) < 4.78 is 55.4. The summed E-state index contributed by atoms with van der Waals surface area (Å²) in [4.78, 5) is 15.4. The van der Waals surface area contributed by atoms with Crippen molar-refractivity contribution in [2.24, 2.45) is 0 Å². The highest BCUT2D eigenvalue weighted by atomic mass is 19.4. The number of carbonyl (C=O) groups excluding carboxylic acids is 1. The molecule has 3 aromatic rings. The summed E-state index contributed by atoms with van der Waals surface area (Å²) in [6, 6.07) is 4.17. The van der Waals surface area contributed by atoms with Crippen molar-refractivity contribution in [2.75, 3.05) is 13.1 Å². The van der Waals surface area contributed by atoms with Gasteiger partial charge in [0.1, 0.15) is 12.1 Å². The van der Waals surface area contributed by atoms with E-state index in [9.17, 15) is 22.4 Å². The number of aromatic nitrogens is 3. The highest BCUT2D eigenvalue weighted by Crippen LogP contribution is 2.34. The summed E-state index contributed by atoms with van der Waals surface area (Å²) in [6.07, 6.45) is 1.09. The van der Waals surface area contributed by atoms with Gasteiger partial charge in [-0.3, -0.25) is 14.1 Å². The van der Waals surface area contributed by atoms with Gasteiger partial charge in [-0.25, -0.2) is 4.39 Å². The molecule has 4 rings (SSSR count). The van der Waals surface area contributed by atoms with Crippen LogP contribution in [0.25, 0.3) is 11.2 Å². The van der Waals surface area contributed by atoms with Crippen LogP contribution in [0.3, 0.4) is 0 Å². The summed E-state index contributed by atoms with van der Waals surface area (Å²) in [6.45, 7) is 7.35. The van der Waals surface area contributed by atoms with Crippen LogP contribution in [0.5, 0.6) is 0 Å². The number of nitrogens with zero attached hydrogens (tertiary/aromatic N) is 4. The number of pyridine rings is 1. The Labute approximate surface area is 194 Å². The van der Waals surface area contributed by atoms with Crippen LogP contribution in [0, 0.1) is 5.82 Å². The van der Waals surface area contributed by atoms with Crippen LogP contribution in [0.15, 0.2) is 42.9 Å². The lowest BCUT2D eigenvalue weighted by molar-refractivity contribution is -0.140. The van der Waals surface area contributed by atoms with E-state index in [0.29, 0.717) is 17.8 Å². The van der Waals surface area contributed by atoms with Crippen LogP contribution < -0.4 is 5.32 Å². The Morgan fingerprint density at radius 3 is 2.62 bits per heavy atom. The highest BCUT2D eigenvalue weighted by molar-refractivity contribution is 5.96. The molecule has 0 unspecified atom stereocenters. The maximum absolute atomic E-state index is 14.5. The van der Waals surface area contributed by atoms with Crippen LogP contribution in [-0.2, 0) is 6.18 Å². The number of halogens is 4.